The van der Waals surface area contributed by atoms with Crippen molar-refractivity contribution in [2.75, 3.05) is 6.54 Å². The van der Waals surface area contributed by atoms with Crippen LogP contribution in [0.25, 0.3) is 0 Å². The van der Waals surface area contributed by atoms with E-state index >= 15 is 0 Å². The van der Waals surface area contributed by atoms with Crippen molar-refractivity contribution in [3.8, 4) is 0 Å². The molecule has 4 heteroatoms. The van der Waals surface area contributed by atoms with E-state index in [1.54, 1.807) is 6.07 Å². The van der Waals surface area contributed by atoms with Gasteiger partial charge in [0.05, 0.1) is 6.04 Å². The Morgan fingerprint density at radius 1 is 0.962 bits per heavy atom. The van der Waals surface area contributed by atoms with Gasteiger partial charge in [0.1, 0.15) is 0 Å². The molecule has 0 N–H and O–H groups in total. The third-order valence-electron chi connectivity index (χ3n) is 5.08. The molecular formula is C22H22F2N2. The lowest BCUT2D eigenvalue weighted by atomic mass is 10.0. The van der Waals surface area contributed by atoms with Crippen molar-refractivity contribution in [1.82, 2.24) is 9.47 Å². The summed E-state index contributed by atoms with van der Waals surface area (Å²) in [5.41, 5.74) is 4.38. The van der Waals surface area contributed by atoms with E-state index in [2.05, 4.69) is 52.9 Å². The Hall–Kier alpha value is -2.46. The van der Waals surface area contributed by atoms with E-state index in [0.29, 0.717) is 0 Å². The Bertz CT molecular complexity index is 916. The van der Waals surface area contributed by atoms with Crippen LogP contribution in [-0.4, -0.2) is 16.0 Å². The van der Waals surface area contributed by atoms with Gasteiger partial charge in [-0.3, -0.25) is 4.90 Å². The molecule has 1 atom stereocenters. The van der Waals surface area contributed by atoms with Crippen LogP contribution in [0.5, 0.6) is 0 Å². The van der Waals surface area contributed by atoms with Gasteiger partial charge in [-0.25, -0.2) is 8.78 Å². The summed E-state index contributed by atoms with van der Waals surface area (Å²) in [6, 6.07) is 16.8. The Morgan fingerprint density at radius 2 is 1.85 bits per heavy atom. The first-order valence-corrected chi connectivity index (χ1v) is 9.01. The zero-order valence-electron chi connectivity index (χ0n) is 14.8. The zero-order chi connectivity index (χ0) is 18.1. The number of benzene rings is 2. The number of hydrogen-bond donors (Lipinski definition) is 0. The van der Waals surface area contributed by atoms with Crippen molar-refractivity contribution in [1.29, 1.82) is 0 Å². The molecule has 0 bridgehead atoms. The van der Waals surface area contributed by atoms with Crippen LogP contribution in [0.15, 0.2) is 60.8 Å². The fourth-order valence-electron chi connectivity index (χ4n) is 3.92. The second kappa shape index (κ2) is 7.04. The lowest BCUT2D eigenvalue weighted by Crippen LogP contribution is -2.29. The number of aromatic nitrogens is 1. The Balaban J connectivity index is 1.76. The number of hydrogen-bond acceptors (Lipinski definition) is 1. The highest BCUT2D eigenvalue weighted by Gasteiger charge is 2.28. The predicted octanol–water partition coefficient (Wildman–Crippen LogP) is 5.07. The van der Waals surface area contributed by atoms with Crippen LogP contribution in [-0.2, 0) is 13.1 Å². The molecule has 1 aliphatic rings. The maximum atomic E-state index is 13.9. The first-order valence-electron chi connectivity index (χ1n) is 9.01. The van der Waals surface area contributed by atoms with Crippen LogP contribution in [0.3, 0.4) is 0 Å². The molecule has 0 unspecified atom stereocenters. The Kier molecular flexibility index (Phi) is 4.60. The van der Waals surface area contributed by atoms with Gasteiger partial charge in [-0.15, -0.1) is 0 Å². The standard InChI is InChI=1S/C22H22F2N2/c1-16-5-2-6-17(13-16)15-26-12-4-11-25-10-3-7-21(25)22(26)18-8-9-19(23)20(24)14-18/h2-3,5-10,13-14,22H,4,11-12,15H2,1H3/t22-/m0/s1. The molecule has 0 saturated carbocycles. The molecule has 4 rings (SSSR count). The molecule has 1 aliphatic heterocycles. The summed E-state index contributed by atoms with van der Waals surface area (Å²) in [6.07, 6.45) is 3.09. The van der Waals surface area contributed by atoms with E-state index in [4.69, 9.17) is 0 Å². The SMILES string of the molecule is Cc1cccc(CN2CCCn3cccc3[C@@H]2c2ccc(F)c(F)c2)c1. The molecule has 0 fully saturated rings. The van der Waals surface area contributed by atoms with Gasteiger partial charge in [-0.2, -0.15) is 0 Å². The fourth-order valence-corrected chi connectivity index (χ4v) is 3.92. The van der Waals surface area contributed by atoms with Gasteiger partial charge in [0.25, 0.3) is 0 Å². The molecule has 2 aromatic carbocycles. The summed E-state index contributed by atoms with van der Waals surface area (Å²) in [5, 5.41) is 0. The van der Waals surface area contributed by atoms with Gasteiger partial charge in [-0.05, 0) is 48.7 Å². The molecule has 0 spiro atoms. The highest BCUT2D eigenvalue weighted by atomic mass is 19.2. The molecule has 2 nitrogen and oxygen atoms in total. The van der Waals surface area contributed by atoms with Gasteiger partial charge in [0.15, 0.2) is 11.6 Å². The van der Waals surface area contributed by atoms with E-state index < -0.39 is 11.6 Å². The quantitative estimate of drug-likeness (QED) is 0.639. The van der Waals surface area contributed by atoms with E-state index in [0.717, 1.165) is 37.3 Å². The van der Waals surface area contributed by atoms with Crippen molar-refractivity contribution in [2.24, 2.45) is 0 Å². The van der Waals surface area contributed by atoms with Crippen LogP contribution in [0.2, 0.25) is 0 Å². The van der Waals surface area contributed by atoms with Crippen LogP contribution >= 0.6 is 0 Å². The second-order valence-corrected chi connectivity index (χ2v) is 7.02. The van der Waals surface area contributed by atoms with Gasteiger partial charge in [0, 0.05) is 31.5 Å². The molecule has 134 valence electrons. The molecule has 2 heterocycles. The third-order valence-corrected chi connectivity index (χ3v) is 5.08. The second-order valence-electron chi connectivity index (χ2n) is 7.02. The lowest BCUT2D eigenvalue weighted by Gasteiger charge is -2.31. The Morgan fingerprint density at radius 3 is 2.65 bits per heavy atom. The molecule has 0 radical (unpaired) electrons. The molecule has 26 heavy (non-hydrogen) atoms. The van der Waals surface area contributed by atoms with Crippen LogP contribution in [0.4, 0.5) is 8.78 Å². The molecule has 3 aromatic rings. The lowest BCUT2D eigenvalue weighted by molar-refractivity contribution is 0.220. The van der Waals surface area contributed by atoms with Crippen molar-refractivity contribution < 1.29 is 8.78 Å². The van der Waals surface area contributed by atoms with E-state index in [1.807, 2.05) is 6.07 Å². The van der Waals surface area contributed by atoms with Crippen LogP contribution < -0.4 is 0 Å². The molecular weight excluding hydrogens is 330 g/mol. The minimum Gasteiger partial charge on any atom is -0.350 e. The summed E-state index contributed by atoms with van der Waals surface area (Å²) in [6.45, 7) is 4.70. The zero-order valence-corrected chi connectivity index (χ0v) is 14.8. The maximum absolute atomic E-state index is 13.9. The van der Waals surface area contributed by atoms with Gasteiger partial charge >= 0.3 is 0 Å². The molecule has 1 aromatic heterocycles. The average molecular weight is 352 g/mol. The predicted molar refractivity (Wildman–Crippen MR) is 98.8 cm³/mol. The monoisotopic (exact) mass is 352 g/mol. The van der Waals surface area contributed by atoms with Crippen molar-refractivity contribution in [3.63, 3.8) is 0 Å². The summed E-state index contributed by atoms with van der Waals surface area (Å²) in [7, 11) is 0. The number of rotatable bonds is 3. The van der Waals surface area contributed by atoms with Crippen LogP contribution in [0.1, 0.15) is 34.8 Å². The third kappa shape index (κ3) is 3.29. The van der Waals surface area contributed by atoms with Gasteiger partial charge < -0.3 is 4.57 Å². The molecule has 0 aliphatic carbocycles. The van der Waals surface area contributed by atoms with Gasteiger partial charge in [-0.1, -0.05) is 35.9 Å². The number of aryl methyl sites for hydroxylation is 2. The van der Waals surface area contributed by atoms with Crippen molar-refractivity contribution in [2.45, 2.75) is 32.5 Å². The number of fused-ring (bicyclic) bond motifs is 1. The number of halogens is 2. The minimum atomic E-state index is -0.803. The summed E-state index contributed by atoms with van der Waals surface area (Å²) in [4.78, 5) is 2.36. The van der Waals surface area contributed by atoms with E-state index in [-0.39, 0.29) is 6.04 Å². The normalized spacial score (nSPS) is 17.7. The van der Waals surface area contributed by atoms with Gasteiger partial charge in [0.2, 0.25) is 0 Å². The summed E-state index contributed by atoms with van der Waals surface area (Å²) >= 11 is 0. The van der Waals surface area contributed by atoms with Crippen molar-refractivity contribution in [3.05, 3.63) is 94.8 Å². The summed E-state index contributed by atoms with van der Waals surface area (Å²) < 4.78 is 29.6. The highest BCUT2D eigenvalue weighted by molar-refractivity contribution is 5.31. The first-order chi connectivity index (χ1) is 12.6. The number of nitrogens with zero attached hydrogens (tertiary/aromatic N) is 2. The van der Waals surface area contributed by atoms with E-state index in [1.165, 1.54) is 23.3 Å². The topological polar surface area (TPSA) is 8.17 Å². The molecule has 0 amide bonds. The highest BCUT2D eigenvalue weighted by Crippen LogP contribution is 2.33. The van der Waals surface area contributed by atoms with E-state index in [9.17, 15) is 8.78 Å². The maximum Gasteiger partial charge on any atom is 0.159 e. The minimum absolute atomic E-state index is 0.0943. The largest absolute Gasteiger partial charge is 0.350 e. The average Bonchev–Trinajstić information content (AvgIpc) is 3.00. The summed E-state index contributed by atoms with van der Waals surface area (Å²) in [5.74, 6) is -1.59. The molecule has 0 saturated heterocycles. The first kappa shape index (κ1) is 17.0. The van der Waals surface area contributed by atoms with Crippen molar-refractivity contribution >= 4 is 0 Å². The smallest absolute Gasteiger partial charge is 0.159 e. The van der Waals surface area contributed by atoms with Crippen LogP contribution in [0, 0.1) is 18.6 Å². The fraction of sp³-hybridized carbons (Fsp3) is 0.273. The Labute approximate surface area is 152 Å².